The van der Waals surface area contributed by atoms with Crippen LogP contribution in [0.1, 0.15) is 24.2 Å². The van der Waals surface area contributed by atoms with E-state index in [2.05, 4.69) is 18.6 Å². The quantitative estimate of drug-likeness (QED) is 0.627. The van der Waals surface area contributed by atoms with Gasteiger partial charge in [-0.05, 0) is 26.0 Å². The van der Waals surface area contributed by atoms with Crippen LogP contribution in [0.3, 0.4) is 0 Å². The summed E-state index contributed by atoms with van der Waals surface area (Å²) in [5, 5.41) is 0. The molecule has 0 heterocycles. The van der Waals surface area contributed by atoms with Gasteiger partial charge in [0.25, 0.3) is 0 Å². The number of nitrogen functional groups attached to an aromatic ring is 1. The molecule has 16 heavy (non-hydrogen) atoms. The lowest BCUT2D eigenvalue weighted by molar-refractivity contribution is 0.0602. The highest BCUT2D eigenvalue weighted by atomic mass is 16.5. The molecule has 4 nitrogen and oxygen atoms in total. The number of esters is 1. The van der Waals surface area contributed by atoms with E-state index >= 15 is 0 Å². The van der Waals surface area contributed by atoms with Crippen LogP contribution < -0.4 is 10.6 Å². The number of para-hydroxylation sites is 1. The van der Waals surface area contributed by atoms with E-state index in [1.165, 1.54) is 7.11 Å². The van der Waals surface area contributed by atoms with Gasteiger partial charge in [0.1, 0.15) is 0 Å². The van der Waals surface area contributed by atoms with Gasteiger partial charge in [-0.25, -0.2) is 4.79 Å². The summed E-state index contributed by atoms with van der Waals surface area (Å²) in [5.74, 6) is -0.406. The van der Waals surface area contributed by atoms with Crippen LogP contribution in [0.5, 0.6) is 0 Å². The van der Waals surface area contributed by atoms with Crippen molar-refractivity contribution in [3.63, 3.8) is 0 Å². The lowest BCUT2D eigenvalue weighted by Crippen LogP contribution is -2.27. The lowest BCUT2D eigenvalue weighted by Gasteiger charge is -2.25. The molecule has 1 aromatic rings. The minimum Gasteiger partial charge on any atom is -0.465 e. The zero-order valence-electron chi connectivity index (χ0n) is 10.2. The summed E-state index contributed by atoms with van der Waals surface area (Å²) in [4.78, 5) is 13.5. The van der Waals surface area contributed by atoms with E-state index in [0.29, 0.717) is 17.3 Å². The van der Waals surface area contributed by atoms with Crippen molar-refractivity contribution in [3.05, 3.63) is 23.8 Å². The minimum atomic E-state index is -0.406. The molecule has 0 atom stereocenters. The third-order valence-electron chi connectivity index (χ3n) is 2.64. The number of carbonyl (C=O) groups excluding carboxylic acids is 1. The Balaban J connectivity index is 3.18. The van der Waals surface area contributed by atoms with Crippen molar-refractivity contribution >= 4 is 17.3 Å². The smallest absolute Gasteiger partial charge is 0.340 e. The molecule has 0 aliphatic rings. The first-order valence-corrected chi connectivity index (χ1v) is 5.18. The molecular formula is C12H18N2O2. The van der Waals surface area contributed by atoms with Crippen molar-refractivity contribution in [2.75, 3.05) is 24.8 Å². The molecule has 88 valence electrons. The maximum Gasteiger partial charge on any atom is 0.340 e. The zero-order valence-corrected chi connectivity index (χ0v) is 10.2. The van der Waals surface area contributed by atoms with Crippen LogP contribution in [0.4, 0.5) is 11.4 Å². The second-order valence-electron chi connectivity index (χ2n) is 3.93. The molecule has 1 rings (SSSR count). The van der Waals surface area contributed by atoms with Crippen LogP contribution in [-0.2, 0) is 4.74 Å². The Kier molecular flexibility index (Phi) is 3.77. The van der Waals surface area contributed by atoms with Crippen LogP contribution in [0.15, 0.2) is 18.2 Å². The van der Waals surface area contributed by atoms with Crippen LogP contribution in [0, 0.1) is 0 Å². The van der Waals surface area contributed by atoms with Crippen LogP contribution >= 0.6 is 0 Å². The van der Waals surface area contributed by atoms with E-state index in [0.717, 1.165) is 5.69 Å². The first kappa shape index (κ1) is 12.4. The van der Waals surface area contributed by atoms with Gasteiger partial charge in [-0.15, -0.1) is 0 Å². The molecule has 4 heteroatoms. The van der Waals surface area contributed by atoms with Gasteiger partial charge in [-0.2, -0.15) is 0 Å². The third kappa shape index (κ3) is 2.27. The molecule has 0 bridgehead atoms. The molecule has 0 amide bonds. The van der Waals surface area contributed by atoms with Gasteiger partial charge in [0.2, 0.25) is 0 Å². The van der Waals surface area contributed by atoms with Crippen LogP contribution in [0.2, 0.25) is 0 Å². The number of nitrogens with zero attached hydrogens (tertiary/aromatic N) is 1. The van der Waals surface area contributed by atoms with E-state index in [1.54, 1.807) is 12.1 Å². The second-order valence-corrected chi connectivity index (χ2v) is 3.93. The molecular weight excluding hydrogens is 204 g/mol. The summed E-state index contributed by atoms with van der Waals surface area (Å²) in [6, 6.07) is 5.67. The normalized spacial score (nSPS) is 10.3. The standard InChI is InChI=1S/C12H18N2O2/c1-8(2)14(3)10-7-5-6-9(11(10)13)12(15)16-4/h5-8H,13H2,1-4H3. The number of hydrogen-bond donors (Lipinski definition) is 1. The average Bonchev–Trinajstić information content (AvgIpc) is 2.27. The molecule has 0 spiro atoms. The van der Waals surface area contributed by atoms with E-state index in [-0.39, 0.29) is 0 Å². The van der Waals surface area contributed by atoms with Crippen molar-refractivity contribution < 1.29 is 9.53 Å². The van der Waals surface area contributed by atoms with Gasteiger partial charge in [-0.1, -0.05) is 6.07 Å². The molecule has 1 aromatic carbocycles. The highest BCUT2D eigenvalue weighted by Crippen LogP contribution is 2.27. The van der Waals surface area contributed by atoms with Crippen molar-refractivity contribution in [3.8, 4) is 0 Å². The Morgan fingerprint density at radius 1 is 1.44 bits per heavy atom. The predicted molar refractivity (Wildman–Crippen MR) is 65.7 cm³/mol. The molecule has 0 radical (unpaired) electrons. The molecule has 0 aliphatic carbocycles. The highest BCUT2D eigenvalue weighted by molar-refractivity contribution is 5.98. The van der Waals surface area contributed by atoms with Gasteiger partial charge in [0.15, 0.2) is 0 Å². The molecule has 0 aromatic heterocycles. The number of hydrogen-bond acceptors (Lipinski definition) is 4. The molecule has 2 N–H and O–H groups in total. The first-order chi connectivity index (χ1) is 7.49. The Morgan fingerprint density at radius 2 is 2.06 bits per heavy atom. The highest BCUT2D eigenvalue weighted by Gasteiger charge is 2.15. The third-order valence-corrected chi connectivity index (χ3v) is 2.64. The summed E-state index contributed by atoms with van der Waals surface area (Å²) in [5.41, 5.74) is 7.67. The summed E-state index contributed by atoms with van der Waals surface area (Å²) >= 11 is 0. The fraction of sp³-hybridized carbons (Fsp3) is 0.417. The van der Waals surface area contributed by atoms with Gasteiger partial charge in [-0.3, -0.25) is 0 Å². The fourth-order valence-electron chi connectivity index (χ4n) is 1.43. The number of benzene rings is 1. The minimum absolute atomic E-state index is 0.315. The molecule has 0 saturated heterocycles. The Hall–Kier alpha value is -1.71. The number of methoxy groups -OCH3 is 1. The van der Waals surface area contributed by atoms with Crippen molar-refractivity contribution in [1.29, 1.82) is 0 Å². The Morgan fingerprint density at radius 3 is 2.56 bits per heavy atom. The van der Waals surface area contributed by atoms with Crippen molar-refractivity contribution in [2.45, 2.75) is 19.9 Å². The molecule has 0 aliphatic heterocycles. The van der Waals surface area contributed by atoms with Gasteiger partial charge >= 0.3 is 5.97 Å². The first-order valence-electron chi connectivity index (χ1n) is 5.18. The van der Waals surface area contributed by atoms with Crippen LogP contribution in [-0.4, -0.2) is 26.2 Å². The summed E-state index contributed by atoms with van der Waals surface area (Å²) in [7, 11) is 3.29. The maximum absolute atomic E-state index is 11.5. The van der Waals surface area contributed by atoms with Gasteiger partial charge < -0.3 is 15.4 Å². The summed E-state index contributed by atoms with van der Waals surface area (Å²) in [6.45, 7) is 4.12. The SMILES string of the molecule is COC(=O)c1cccc(N(C)C(C)C)c1N. The van der Waals surface area contributed by atoms with Crippen molar-refractivity contribution in [2.24, 2.45) is 0 Å². The fourth-order valence-corrected chi connectivity index (χ4v) is 1.43. The summed E-state index contributed by atoms with van der Waals surface area (Å²) < 4.78 is 4.67. The Bertz CT molecular complexity index is 389. The number of nitrogens with two attached hydrogens (primary N) is 1. The van der Waals surface area contributed by atoms with E-state index in [4.69, 9.17) is 5.73 Å². The van der Waals surface area contributed by atoms with E-state index in [9.17, 15) is 4.79 Å². The van der Waals surface area contributed by atoms with Gasteiger partial charge in [0, 0.05) is 13.1 Å². The van der Waals surface area contributed by atoms with E-state index < -0.39 is 5.97 Å². The van der Waals surface area contributed by atoms with E-state index in [1.807, 2.05) is 18.0 Å². The number of carbonyl (C=O) groups is 1. The second kappa shape index (κ2) is 4.88. The average molecular weight is 222 g/mol. The molecule has 0 saturated carbocycles. The van der Waals surface area contributed by atoms with Gasteiger partial charge in [0.05, 0.1) is 24.0 Å². The topological polar surface area (TPSA) is 55.6 Å². The number of rotatable bonds is 3. The van der Waals surface area contributed by atoms with Crippen LogP contribution in [0.25, 0.3) is 0 Å². The largest absolute Gasteiger partial charge is 0.465 e. The lowest BCUT2D eigenvalue weighted by atomic mass is 10.1. The number of ether oxygens (including phenoxy) is 1. The Labute approximate surface area is 96.0 Å². The predicted octanol–water partition coefficient (Wildman–Crippen LogP) is 1.90. The molecule has 0 fully saturated rings. The summed E-state index contributed by atoms with van der Waals surface area (Å²) in [6.07, 6.45) is 0. The monoisotopic (exact) mass is 222 g/mol. The van der Waals surface area contributed by atoms with Crippen molar-refractivity contribution in [1.82, 2.24) is 0 Å². The molecule has 0 unspecified atom stereocenters. The number of anilines is 2. The maximum atomic E-state index is 11.5. The zero-order chi connectivity index (χ0) is 12.3.